The van der Waals surface area contributed by atoms with E-state index in [0.29, 0.717) is 0 Å². The monoisotopic (exact) mass is 342 g/mol. The van der Waals surface area contributed by atoms with Crippen LogP contribution in [0.25, 0.3) is 0 Å². The van der Waals surface area contributed by atoms with Gasteiger partial charge in [-0.15, -0.1) is 4.72 Å². The summed E-state index contributed by atoms with van der Waals surface area (Å²) in [7, 11) is 0. The number of rotatable bonds is 4. The Morgan fingerprint density at radius 1 is 1.09 bits per heavy atom. The second-order valence-electron chi connectivity index (χ2n) is 5.50. The highest BCUT2D eigenvalue weighted by atomic mass is 32.2. The Bertz CT molecular complexity index is 607. The average molecular weight is 342 g/mol. The van der Waals surface area contributed by atoms with Crippen LogP contribution in [-0.4, -0.2) is 14.2 Å². The molecule has 0 radical (unpaired) electrons. The van der Waals surface area contributed by atoms with E-state index in [-0.39, 0.29) is 0 Å². The molecule has 1 rings (SSSR count). The van der Waals surface area contributed by atoms with Crippen molar-refractivity contribution in [1.82, 2.24) is 4.72 Å². The molecule has 0 aliphatic rings. The lowest BCUT2D eigenvalue weighted by Crippen LogP contribution is -2.41. The number of nitro groups is 1. The molecule has 22 heavy (non-hydrogen) atoms. The van der Waals surface area contributed by atoms with Crippen molar-refractivity contribution in [3.05, 3.63) is 38.9 Å². The fourth-order valence-corrected chi connectivity index (χ4v) is 2.37. The van der Waals surface area contributed by atoms with Crippen LogP contribution < -0.4 is 4.72 Å². The van der Waals surface area contributed by atoms with Gasteiger partial charge >= 0.3 is 5.69 Å². The summed E-state index contributed by atoms with van der Waals surface area (Å²) in [5.41, 5.74) is -2.87. The standard InChI is InChI=1S/C12H14F4N2O3S/c1-5(17-22(21)12(2,3)4)6-7(13)9(15)10(16)11(8(6)14)18(19)20/h5,17H,1-4H3/t5-,22?/m1/s1. The van der Waals surface area contributed by atoms with Gasteiger partial charge in [0.2, 0.25) is 17.5 Å². The first-order valence-corrected chi connectivity index (χ1v) is 7.22. The van der Waals surface area contributed by atoms with E-state index in [9.17, 15) is 32.2 Å². The summed E-state index contributed by atoms with van der Waals surface area (Å²) in [6.07, 6.45) is 0. The fourth-order valence-electron chi connectivity index (χ4n) is 1.58. The number of hydrogen-bond acceptors (Lipinski definition) is 4. The van der Waals surface area contributed by atoms with Gasteiger partial charge in [-0.3, -0.25) is 10.1 Å². The molecule has 10 heteroatoms. The molecule has 124 valence electrons. The van der Waals surface area contributed by atoms with E-state index < -0.39 is 61.6 Å². The SMILES string of the molecule is C[C@@H](N[S+]([O-])C(C)(C)C)c1c(F)c(F)c(F)c([N+](=O)[O-])c1F. The summed E-state index contributed by atoms with van der Waals surface area (Å²) < 4.78 is 67.8. The van der Waals surface area contributed by atoms with Gasteiger partial charge < -0.3 is 4.55 Å². The molecule has 1 unspecified atom stereocenters. The molecule has 1 aromatic rings. The van der Waals surface area contributed by atoms with Crippen LogP contribution in [0.3, 0.4) is 0 Å². The average Bonchev–Trinajstić information content (AvgIpc) is 2.34. The maximum Gasteiger partial charge on any atom is 0.343 e. The van der Waals surface area contributed by atoms with Crippen molar-refractivity contribution >= 4 is 17.0 Å². The molecule has 2 atom stereocenters. The lowest BCUT2D eigenvalue weighted by molar-refractivity contribution is -0.390. The van der Waals surface area contributed by atoms with Crippen LogP contribution in [0.5, 0.6) is 0 Å². The number of benzene rings is 1. The molecule has 0 heterocycles. The highest BCUT2D eigenvalue weighted by Gasteiger charge is 2.37. The summed E-state index contributed by atoms with van der Waals surface area (Å²) >= 11 is -1.78. The van der Waals surface area contributed by atoms with Gasteiger partial charge in [-0.05, 0) is 27.7 Å². The number of hydrogen-bond donors (Lipinski definition) is 1. The lowest BCUT2D eigenvalue weighted by atomic mass is 10.1. The lowest BCUT2D eigenvalue weighted by Gasteiger charge is -2.26. The minimum atomic E-state index is -2.21. The normalized spacial score (nSPS) is 14.8. The van der Waals surface area contributed by atoms with Crippen LogP contribution in [0.15, 0.2) is 0 Å². The van der Waals surface area contributed by atoms with Gasteiger partial charge in [-0.2, -0.15) is 8.78 Å². The van der Waals surface area contributed by atoms with E-state index in [1.807, 2.05) is 0 Å². The van der Waals surface area contributed by atoms with Crippen molar-refractivity contribution in [2.75, 3.05) is 0 Å². The Labute approximate surface area is 127 Å². The van der Waals surface area contributed by atoms with Crippen molar-refractivity contribution in [1.29, 1.82) is 0 Å². The summed E-state index contributed by atoms with van der Waals surface area (Å²) in [6, 6.07) is -1.38. The molecule has 0 aromatic heterocycles. The minimum Gasteiger partial charge on any atom is -0.598 e. The molecule has 0 saturated carbocycles. The Balaban J connectivity index is 3.39. The maximum atomic E-state index is 14.0. The first-order valence-electron chi connectivity index (χ1n) is 6.07. The second kappa shape index (κ2) is 6.39. The van der Waals surface area contributed by atoms with Crippen LogP contribution in [0.2, 0.25) is 0 Å². The molecule has 1 aromatic carbocycles. The van der Waals surface area contributed by atoms with Crippen LogP contribution in [0, 0.1) is 33.4 Å². The topological polar surface area (TPSA) is 78.2 Å². The molecule has 5 nitrogen and oxygen atoms in total. The Morgan fingerprint density at radius 3 is 2.00 bits per heavy atom. The van der Waals surface area contributed by atoms with Crippen molar-refractivity contribution < 1.29 is 27.0 Å². The van der Waals surface area contributed by atoms with E-state index in [4.69, 9.17) is 0 Å². The third-order valence-corrected chi connectivity index (χ3v) is 4.41. The van der Waals surface area contributed by atoms with E-state index in [0.717, 1.165) is 6.92 Å². The third-order valence-electron chi connectivity index (χ3n) is 2.73. The van der Waals surface area contributed by atoms with Crippen LogP contribution >= 0.6 is 0 Å². The smallest absolute Gasteiger partial charge is 0.343 e. The largest absolute Gasteiger partial charge is 0.598 e. The van der Waals surface area contributed by atoms with Gasteiger partial charge in [0.1, 0.15) is 4.75 Å². The van der Waals surface area contributed by atoms with E-state index in [2.05, 4.69) is 4.72 Å². The van der Waals surface area contributed by atoms with E-state index in [1.165, 1.54) is 0 Å². The first kappa shape index (κ1) is 18.7. The fraction of sp³-hybridized carbons (Fsp3) is 0.500. The van der Waals surface area contributed by atoms with Gasteiger partial charge in [-0.25, -0.2) is 8.78 Å². The molecule has 0 aliphatic carbocycles. The second-order valence-corrected chi connectivity index (χ2v) is 7.49. The molecular formula is C12H14F4N2O3S. The Hall–Kier alpha value is -1.39. The molecule has 1 N–H and O–H groups in total. The van der Waals surface area contributed by atoms with Crippen LogP contribution in [0.4, 0.5) is 23.2 Å². The summed E-state index contributed by atoms with van der Waals surface area (Å²) in [5.74, 6) is -8.11. The third kappa shape index (κ3) is 3.50. The van der Waals surface area contributed by atoms with Gasteiger partial charge in [0.15, 0.2) is 5.82 Å². The predicted octanol–water partition coefficient (Wildman–Crippen LogP) is 3.26. The summed E-state index contributed by atoms with van der Waals surface area (Å²) in [4.78, 5) is 9.14. The van der Waals surface area contributed by atoms with Gasteiger partial charge in [-0.1, -0.05) is 0 Å². The van der Waals surface area contributed by atoms with Crippen molar-refractivity contribution in [2.45, 2.75) is 38.5 Å². The summed E-state index contributed by atoms with van der Waals surface area (Å²) in [5, 5.41) is 10.6. The zero-order chi connectivity index (χ0) is 17.4. The molecule has 0 fully saturated rings. The zero-order valence-corrected chi connectivity index (χ0v) is 13.0. The van der Waals surface area contributed by atoms with E-state index >= 15 is 0 Å². The van der Waals surface area contributed by atoms with Crippen molar-refractivity contribution in [2.24, 2.45) is 0 Å². The van der Waals surface area contributed by atoms with Crippen LogP contribution in [-0.2, 0) is 11.4 Å². The molecule has 0 amide bonds. The van der Waals surface area contributed by atoms with Gasteiger partial charge in [0.05, 0.1) is 16.5 Å². The Morgan fingerprint density at radius 2 is 1.59 bits per heavy atom. The van der Waals surface area contributed by atoms with Gasteiger partial charge in [0, 0.05) is 11.4 Å². The highest BCUT2D eigenvalue weighted by Crippen LogP contribution is 2.33. The number of nitrogens with zero attached hydrogens (tertiary/aromatic N) is 1. The molecule has 0 bridgehead atoms. The number of nitro benzene ring substituents is 1. The van der Waals surface area contributed by atoms with Crippen LogP contribution in [0.1, 0.15) is 39.3 Å². The summed E-state index contributed by atoms with van der Waals surface area (Å²) in [6.45, 7) is 5.85. The van der Waals surface area contributed by atoms with Crippen molar-refractivity contribution in [3.8, 4) is 0 Å². The number of halogens is 4. The maximum absolute atomic E-state index is 14.0. The molecular weight excluding hydrogens is 328 g/mol. The quantitative estimate of drug-likeness (QED) is 0.227. The first-order chi connectivity index (χ1) is 9.89. The Kier molecular flexibility index (Phi) is 5.42. The van der Waals surface area contributed by atoms with Gasteiger partial charge in [0.25, 0.3) is 0 Å². The van der Waals surface area contributed by atoms with E-state index in [1.54, 1.807) is 20.8 Å². The molecule has 0 spiro atoms. The zero-order valence-electron chi connectivity index (χ0n) is 12.2. The minimum absolute atomic E-state index is 0.800. The predicted molar refractivity (Wildman–Crippen MR) is 72.4 cm³/mol. The molecule has 0 saturated heterocycles. The molecule has 0 aliphatic heterocycles. The van der Waals surface area contributed by atoms with Crippen molar-refractivity contribution in [3.63, 3.8) is 0 Å². The number of nitrogens with one attached hydrogen (secondary N) is 1. The highest BCUT2D eigenvalue weighted by molar-refractivity contribution is 7.90.